The van der Waals surface area contributed by atoms with Crippen molar-refractivity contribution in [2.24, 2.45) is 7.05 Å². The Labute approximate surface area is 68.1 Å². The van der Waals surface area contributed by atoms with Gasteiger partial charge in [-0.25, -0.2) is 0 Å². The molecular weight excluding hydrogens is 167 g/mol. The summed E-state index contributed by atoms with van der Waals surface area (Å²) in [6.07, 6.45) is -2.79. The number of aryl methyl sites for hydroxylation is 1. The zero-order chi connectivity index (χ0) is 9.35. The molecule has 0 saturated carbocycles. The Bertz CT molecular complexity index is 295. The van der Waals surface area contributed by atoms with Gasteiger partial charge >= 0.3 is 6.18 Å². The Balaban J connectivity index is 3.01. The number of hydrogen-bond donors (Lipinski definition) is 0. The van der Waals surface area contributed by atoms with Crippen LogP contribution in [-0.2, 0) is 7.05 Å². The summed E-state index contributed by atoms with van der Waals surface area (Å²) in [7, 11) is 1.55. The number of alkyl halides is 3. The Morgan fingerprint density at radius 3 is 2.42 bits per heavy atom. The lowest BCUT2D eigenvalue weighted by molar-refractivity contribution is -0.0690. The highest BCUT2D eigenvalue weighted by Crippen LogP contribution is 2.31. The molecule has 0 aliphatic heterocycles. The summed E-state index contributed by atoms with van der Waals surface area (Å²) >= 11 is 0. The SMILES string of the molecule is C=C(c1cccn1C)C(F)(F)F. The third-order valence-electron chi connectivity index (χ3n) is 1.60. The molecule has 12 heavy (non-hydrogen) atoms. The quantitative estimate of drug-likeness (QED) is 0.618. The van der Waals surface area contributed by atoms with E-state index in [1.54, 1.807) is 19.3 Å². The first kappa shape index (κ1) is 8.90. The molecule has 0 bridgehead atoms. The van der Waals surface area contributed by atoms with Crippen LogP contribution in [0.2, 0.25) is 0 Å². The van der Waals surface area contributed by atoms with Crippen molar-refractivity contribution in [3.63, 3.8) is 0 Å². The molecule has 0 aromatic carbocycles. The molecule has 1 rings (SSSR count). The average molecular weight is 175 g/mol. The fourth-order valence-electron chi connectivity index (χ4n) is 0.920. The van der Waals surface area contributed by atoms with E-state index in [1.807, 2.05) is 0 Å². The van der Waals surface area contributed by atoms with Gasteiger partial charge in [-0.15, -0.1) is 0 Å². The third kappa shape index (κ3) is 1.52. The van der Waals surface area contributed by atoms with Crippen LogP contribution >= 0.6 is 0 Å². The fraction of sp³-hybridized carbons (Fsp3) is 0.250. The highest BCUT2D eigenvalue weighted by atomic mass is 19.4. The van der Waals surface area contributed by atoms with Gasteiger partial charge in [-0.2, -0.15) is 13.2 Å². The van der Waals surface area contributed by atoms with E-state index in [-0.39, 0.29) is 5.69 Å². The second kappa shape index (κ2) is 2.69. The smallest absolute Gasteiger partial charge is 0.351 e. The highest BCUT2D eigenvalue weighted by molar-refractivity contribution is 5.64. The van der Waals surface area contributed by atoms with E-state index < -0.39 is 11.7 Å². The summed E-state index contributed by atoms with van der Waals surface area (Å²) in [4.78, 5) is 0. The number of hydrogen-bond acceptors (Lipinski definition) is 0. The molecule has 1 aromatic heterocycles. The molecule has 1 nitrogen and oxygen atoms in total. The number of nitrogens with zero attached hydrogens (tertiary/aromatic N) is 1. The van der Waals surface area contributed by atoms with E-state index in [1.165, 1.54) is 10.6 Å². The topological polar surface area (TPSA) is 4.93 Å². The zero-order valence-electron chi connectivity index (χ0n) is 6.52. The van der Waals surface area contributed by atoms with Crippen molar-refractivity contribution in [1.29, 1.82) is 0 Å². The Morgan fingerprint density at radius 1 is 1.50 bits per heavy atom. The maximum absolute atomic E-state index is 12.1. The van der Waals surface area contributed by atoms with Crippen LogP contribution in [0.15, 0.2) is 24.9 Å². The number of aromatic nitrogens is 1. The van der Waals surface area contributed by atoms with E-state index >= 15 is 0 Å². The van der Waals surface area contributed by atoms with E-state index in [0.29, 0.717) is 0 Å². The first-order valence-electron chi connectivity index (χ1n) is 3.30. The standard InChI is InChI=1S/C8H8F3N/c1-6(8(9,10)11)7-4-3-5-12(7)2/h3-5H,1H2,2H3. The number of rotatable bonds is 1. The molecular formula is C8H8F3N. The van der Waals surface area contributed by atoms with E-state index in [0.717, 1.165) is 0 Å². The van der Waals surface area contributed by atoms with Gasteiger partial charge in [0.1, 0.15) is 0 Å². The fourth-order valence-corrected chi connectivity index (χ4v) is 0.920. The van der Waals surface area contributed by atoms with Crippen LogP contribution in [0.3, 0.4) is 0 Å². The Kier molecular flexibility index (Phi) is 2.00. The van der Waals surface area contributed by atoms with Gasteiger partial charge in [0.15, 0.2) is 0 Å². The summed E-state index contributed by atoms with van der Waals surface area (Å²) in [5, 5.41) is 0. The molecule has 0 radical (unpaired) electrons. The molecule has 0 unspecified atom stereocenters. The maximum Gasteiger partial charge on any atom is 0.417 e. The summed E-state index contributed by atoms with van der Waals surface area (Å²) < 4.78 is 37.6. The maximum atomic E-state index is 12.1. The minimum absolute atomic E-state index is 0.0995. The first-order valence-corrected chi connectivity index (χ1v) is 3.30. The molecule has 0 saturated heterocycles. The van der Waals surface area contributed by atoms with Gasteiger partial charge in [0.05, 0.1) is 11.3 Å². The summed E-state index contributed by atoms with van der Waals surface area (Å²) in [6.45, 7) is 2.98. The molecule has 0 N–H and O–H groups in total. The first-order chi connectivity index (χ1) is 5.43. The molecule has 0 spiro atoms. The second-order valence-electron chi connectivity index (χ2n) is 2.48. The van der Waals surface area contributed by atoms with Gasteiger partial charge in [-0.3, -0.25) is 0 Å². The molecule has 0 fully saturated rings. The number of allylic oxidation sites excluding steroid dienone is 1. The lowest BCUT2D eigenvalue weighted by atomic mass is 10.2. The van der Waals surface area contributed by atoms with Gasteiger partial charge in [-0.1, -0.05) is 6.58 Å². The summed E-state index contributed by atoms with van der Waals surface area (Å²) in [5.74, 6) is 0. The van der Waals surface area contributed by atoms with Crippen molar-refractivity contribution in [3.8, 4) is 0 Å². The van der Waals surface area contributed by atoms with Crippen molar-refractivity contribution in [3.05, 3.63) is 30.6 Å². The van der Waals surface area contributed by atoms with Crippen molar-refractivity contribution in [2.75, 3.05) is 0 Å². The van der Waals surface area contributed by atoms with Crippen molar-refractivity contribution in [1.82, 2.24) is 4.57 Å². The van der Waals surface area contributed by atoms with Crippen LogP contribution in [0.25, 0.3) is 5.57 Å². The Morgan fingerprint density at radius 2 is 2.08 bits per heavy atom. The predicted molar refractivity (Wildman–Crippen MR) is 40.5 cm³/mol. The third-order valence-corrected chi connectivity index (χ3v) is 1.60. The van der Waals surface area contributed by atoms with Crippen molar-refractivity contribution < 1.29 is 13.2 Å². The van der Waals surface area contributed by atoms with E-state index in [9.17, 15) is 13.2 Å². The van der Waals surface area contributed by atoms with Gasteiger partial charge in [0.2, 0.25) is 0 Å². The van der Waals surface area contributed by atoms with Gasteiger partial charge < -0.3 is 4.57 Å². The zero-order valence-corrected chi connectivity index (χ0v) is 6.52. The summed E-state index contributed by atoms with van der Waals surface area (Å²) in [5.41, 5.74) is -0.711. The van der Waals surface area contributed by atoms with Crippen molar-refractivity contribution in [2.45, 2.75) is 6.18 Å². The molecule has 4 heteroatoms. The normalized spacial score (nSPS) is 11.7. The van der Waals surface area contributed by atoms with Crippen LogP contribution in [-0.4, -0.2) is 10.7 Å². The minimum Gasteiger partial charge on any atom is -0.351 e. The van der Waals surface area contributed by atoms with E-state index in [2.05, 4.69) is 6.58 Å². The van der Waals surface area contributed by atoms with E-state index in [4.69, 9.17) is 0 Å². The van der Waals surface area contributed by atoms with Crippen LogP contribution < -0.4 is 0 Å². The average Bonchev–Trinajstić information content (AvgIpc) is 2.31. The van der Waals surface area contributed by atoms with Crippen LogP contribution in [0.4, 0.5) is 13.2 Å². The second-order valence-corrected chi connectivity index (χ2v) is 2.48. The predicted octanol–water partition coefficient (Wildman–Crippen LogP) is 2.60. The minimum atomic E-state index is -4.34. The van der Waals surface area contributed by atoms with Crippen molar-refractivity contribution >= 4 is 5.57 Å². The van der Waals surface area contributed by atoms with Gasteiger partial charge in [-0.05, 0) is 12.1 Å². The molecule has 0 amide bonds. The Hall–Kier alpha value is -1.19. The summed E-state index contributed by atoms with van der Waals surface area (Å²) in [6, 6.07) is 2.93. The molecule has 66 valence electrons. The molecule has 1 aromatic rings. The molecule has 0 aliphatic carbocycles. The van der Waals surface area contributed by atoms with Gasteiger partial charge in [0, 0.05) is 13.2 Å². The lowest BCUT2D eigenvalue weighted by Crippen LogP contribution is -2.11. The molecule has 0 atom stereocenters. The van der Waals surface area contributed by atoms with Gasteiger partial charge in [0.25, 0.3) is 0 Å². The highest BCUT2D eigenvalue weighted by Gasteiger charge is 2.33. The monoisotopic (exact) mass is 175 g/mol. The van der Waals surface area contributed by atoms with Crippen LogP contribution in [0, 0.1) is 0 Å². The van der Waals surface area contributed by atoms with Crippen LogP contribution in [0.1, 0.15) is 5.69 Å². The molecule has 1 heterocycles. The van der Waals surface area contributed by atoms with Crippen LogP contribution in [0.5, 0.6) is 0 Å². The largest absolute Gasteiger partial charge is 0.417 e. The molecule has 0 aliphatic rings. The lowest BCUT2D eigenvalue weighted by Gasteiger charge is -2.10. The number of halogens is 3.